The minimum absolute atomic E-state index is 0.172. The van der Waals surface area contributed by atoms with Crippen LogP contribution in [0.3, 0.4) is 0 Å². The van der Waals surface area contributed by atoms with Gasteiger partial charge < -0.3 is 9.64 Å². The van der Waals surface area contributed by atoms with E-state index in [1.807, 2.05) is 18.0 Å². The van der Waals surface area contributed by atoms with E-state index in [4.69, 9.17) is 10.00 Å². The summed E-state index contributed by atoms with van der Waals surface area (Å²) in [5, 5.41) is 9.05. The fraction of sp³-hybridized carbons (Fsp3) is 0.667. The van der Waals surface area contributed by atoms with Crippen LogP contribution in [0.1, 0.15) is 32.6 Å². The number of carbonyl (C=O) groups is 1. The van der Waals surface area contributed by atoms with Crippen molar-refractivity contribution in [1.82, 2.24) is 4.90 Å². The first-order valence-corrected chi connectivity index (χ1v) is 5.72. The molecule has 0 aliphatic carbocycles. The van der Waals surface area contributed by atoms with Crippen LogP contribution in [0.15, 0.2) is 11.3 Å². The standard InChI is InChI=1S/C12H18N2O2/c1-3-16-12(15)10(9-13)11-7-5-4-6-8-14(11)2/h3-8H2,1-2H3/b11-10-. The van der Waals surface area contributed by atoms with Crippen molar-refractivity contribution in [3.8, 4) is 6.07 Å². The van der Waals surface area contributed by atoms with E-state index in [-0.39, 0.29) is 5.57 Å². The molecule has 0 atom stereocenters. The van der Waals surface area contributed by atoms with Gasteiger partial charge in [-0.15, -0.1) is 0 Å². The fourth-order valence-corrected chi connectivity index (χ4v) is 1.89. The van der Waals surface area contributed by atoms with Crippen LogP contribution in [0.5, 0.6) is 0 Å². The van der Waals surface area contributed by atoms with Crippen LogP contribution in [-0.2, 0) is 9.53 Å². The molecule has 0 aromatic carbocycles. The molecule has 16 heavy (non-hydrogen) atoms. The molecule has 1 aliphatic rings. The van der Waals surface area contributed by atoms with E-state index in [1.165, 1.54) is 0 Å². The maximum absolute atomic E-state index is 11.6. The van der Waals surface area contributed by atoms with Crippen LogP contribution >= 0.6 is 0 Å². The molecule has 0 amide bonds. The lowest BCUT2D eigenvalue weighted by Gasteiger charge is -2.20. The highest BCUT2D eigenvalue weighted by molar-refractivity contribution is 5.93. The van der Waals surface area contributed by atoms with Gasteiger partial charge in [0.05, 0.1) is 6.61 Å². The molecule has 0 bridgehead atoms. The van der Waals surface area contributed by atoms with Crippen LogP contribution in [0, 0.1) is 11.3 Å². The molecule has 88 valence electrons. The van der Waals surface area contributed by atoms with Crippen LogP contribution < -0.4 is 0 Å². The van der Waals surface area contributed by atoms with Gasteiger partial charge in [0.1, 0.15) is 6.07 Å². The third-order valence-corrected chi connectivity index (χ3v) is 2.75. The first kappa shape index (κ1) is 12.6. The molecule has 0 N–H and O–H groups in total. The number of rotatable bonds is 2. The Hall–Kier alpha value is -1.50. The van der Waals surface area contributed by atoms with Crippen LogP contribution in [-0.4, -0.2) is 31.1 Å². The van der Waals surface area contributed by atoms with Crippen molar-refractivity contribution in [2.24, 2.45) is 0 Å². The molecule has 1 saturated heterocycles. The number of likely N-dealkylation sites (tertiary alicyclic amines) is 1. The molecular weight excluding hydrogens is 204 g/mol. The van der Waals surface area contributed by atoms with Gasteiger partial charge in [-0.1, -0.05) is 6.42 Å². The summed E-state index contributed by atoms with van der Waals surface area (Å²) in [5.41, 5.74) is 1.00. The van der Waals surface area contributed by atoms with Gasteiger partial charge >= 0.3 is 5.97 Å². The SMILES string of the molecule is CCOC(=O)/C(C#N)=C1/CCCCCN1C. The highest BCUT2D eigenvalue weighted by atomic mass is 16.5. The van der Waals surface area contributed by atoms with Crippen molar-refractivity contribution < 1.29 is 9.53 Å². The molecule has 1 aliphatic heterocycles. The second-order valence-electron chi connectivity index (χ2n) is 3.89. The number of nitriles is 1. The van der Waals surface area contributed by atoms with E-state index >= 15 is 0 Å². The Balaban J connectivity index is 2.95. The summed E-state index contributed by atoms with van der Waals surface area (Å²) < 4.78 is 4.89. The molecule has 0 radical (unpaired) electrons. The van der Waals surface area contributed by atoms with Crippen molar-refractivity contribution in [3.63, 3.8) is 0 Å². The second-order valence-corrected chi connectivity index (χ2v) is 3.89. The Bertz CT molecular complexity index is 328. The van der Waals surface area contributed by atoms with Crippen molar-refractivity contribution in [1.29, 1.82) is 5.26 Å². The lowest BCUT2D eigenvalue weighted by molar-refractivity contribution is -0.138. The summed E-state index contributed by atoms with van der Waals surface area (Å²) >= 11 is 0. The molecule has 0 aromatic rings. The molecule has 0 unspecified atom stereocenters. The van der Waals surface area contributed by atoms with E-state index in [9.17, 15) is 4.79 Å². The largest absolute Gasteiger partial charge is 0.462 e. The number of nitrogens with zero attached hydrogens (tertiary/aromatic N) is 2. The average Bonchev–Trinajstić information content (AvgIpc) is 2.46. The van der Waals surface area contributed by atoms with Gasteiger partial charge in [-0.25, -0.2) is 4.79 Å². The number of allylic oxidation sites excluding steroid dienone is 1. The van der Waals surface area contributed by atoms with Crippen molar-refractivity contribution in [2.75, 3.05) is 20.2 Å². The van der Waals surface area contributed by atoms with Gasteiger partial charge in [0, 0.05) is 19.3 Å². The number of hydrogen-bond acceptors (Lipinski definition) is 4. The molecular formula is C12H18N2O2. The number of carbonyl (C=O) groups excluding carboxylic acids is 1. The van der Waals surface area contributed by atoms with Crippen LogP contribution in [0.4, 0.5) is 0 Å². The van der Waals surface area contributed by atoms with E-state index in [1.54, 1.807) is 6.92 Å². The van der Waals surface area contributed by atoms with Gasteiger partial charge in [-0.05, 0) is 26.2 Å². The summed E-state index contributed by atoms with van der Waals surface area (Å²) in [6.45, 7) is 2.95. The van der Waals surface area contributed by atoms with E-state index in [0.29, 0.717) is 6.61 Å². The number of esters is 1. The quantitative estimate of drug-likeness (QED) is 0.406. The van der Waals surface area contributed by atoms with Gasteiger partial charge in [-0.2, -0.15) is 5.26 Å². The van der Waals surface area contributed by atoms with Crippen LogP contribution in [0.25, 0.3) is 0 Å². The second kappa shape index (κ2) is 6.16. The molecule has 4 heteroatoms. The van der Waals surface area contributed by atoms with Gasteiger partial charge in [0.2, 0.25) is 0 Å². The Kier molecular flexibility index (Phi) is 4.84. The Morgan fingerprint density at radius 2 is 2.25 bits per heavy atom. The Morgan fingerprint density at radius 1 is 1.50 bits per heavy atom. The van der Waals surface area contributed by atoms with Crippen molar-refractivity contribution in [3.05, 3.63) is 11.3 Å². The monoisotopic (exact) mass is 222 g/mol. The van der Waals surface area contributed by atoms with Crippen molar-refractivity contribution >= 4 is 5.97 Å². The maximum atomic E-state index is 11.6. The lowest BCUT2D eigenvalue weighted by atomic mass is 10.1. The molecule has 0 saturated carbocycles. The predicted octanol–water partition coefficient (Wildman–Crippen LogP) is 1.83. The zero-order chi connectivity index (χ0) is 12.0. The average molecular weight is 222 g/mol. The first-order valence-electron chi connectivity index (χ1n) is 5.72. The highest BCUT2D eigenvalue weighted by Crippen LogP contribution is 2.22. The summed E-state index contributed by atoms with van der Waals surface area (Å²) in [7, 11) is 1.93. The topological polar surface area (TPSA) is 53.3 Å². The smallest absolute Gasteiger partial charge is 0.350 e. The summed E-state index contributed by atoms with van der Waals surface area (Å²) in [6, 6.07) is 1.98. The minimum Gasteiger partial charge on any atom is -0.462 e. The third-order valence-electron chi connectivity index (χ3n) is 2.75. The predicted molar refractivity (Wildman–Crippen MR) is 60.4 cm³/mol. The normalized spacial score (nSPS) is 19.7. The summed E-state index contributed by atoms with van der Waals surface area (Å²) in [4.78, 5) is 13.6. The Labute approximate surface area is 96.5 Å². The van der Waals surface area contributed by atoms with E-state index in [0.717, 1.165) is 37.9 Å². The molecule has 4 nitrogen and oxygen atoms in total. The summed E-state index contributed by atoms with van der Waals surface area (Å²) in [5.74, 6) is -0.492. The number of hydrogen-bond donors (Lipinski definition) is 0. The zero-order valence-electron chi connectivity index (χ0n) is 9.95. The van der Waals surface area contributed by atoms with E-state index in [2.05, 4.69) is 0 Å². The molecule has 1 heterocycles. The molecule has 1 fully saturated rings. The first-order chi connectivity index (χ1) is 7.70. The summed E-state index contributed by atoms with van der Waals surface area (Å²) in [6.07, 6.45) is 4.08. The lowest BCUT2D eigenvalue weighted by Crippen LogP contribution is -2.21. The highest BCUT2D eigenvalue weighted by Gasteiger charge is 2.20. The molecule has 1 rings (SSSR count). The molecule has 0 spiro atoms. The van der Waals surface area contributed by atoms with Crippen molar-refractivity contribution in [2.45, 2.75) is 32.6 Å². The third kappa shape index (κ3) is 2.99. The van der Waals surface area contributed by atoms with E-state index < -0.39 is 5.97 Å². The molecule has 0 aromatic heterocycles. The number of ether oxygens (including phenoxy) is 1. The van der Waals surface area contributed by atoms with Gasteiger partial charge in [0.15, 0.2) is 5.57 Å². The van der Waals surface area contributed by atoms with Crippen LogP contribution in [0.2, 0.25) is 0 Å². The zero-order valence-corrected chi connectivity index (χ0v) is 9.95. The minimum atomic E-state index is -0.492. The maximum Gasteiger partial charge on any atom is 0.350 e. The fourth-order valence-electron chi connectivity index (χ4n) is 1.89. The Morgan fingerprint density at radius 3 is 2.88 bits per heavy atom. The van der Waals surface area contributed by atoms with Gasteiger partial charge in [0.25, 0.3) is 0 Å². The van der Waals surface area contributed by atoms with Gasteiger partial charge in [-0.3, -0.25) is 0 Å².